The van der Waals surface area contributed by atoms with Gasteiger partial charge in [0.1, 0.15) is 23.4 Å². The molecule has 0 aliphatic carbocycles. The van der Waals surface area contributed by atoms with Crippen LogP contribution in [0.3, 0.4) is 0 Å². The molecule has 0 saturated carbocycles. The monoisotopic (exact) mass is 450 g/mol. The van der Waals surface area contributed by atoms with Crippen LogP contribution in [-0.2, 0) is 27.2 Å². The van der Waals surface area contributed by atoms with Gasteiger partial charge < -0.3 is 14.6 Å². The molecule has 170 valence electrons. The molecule has 2 aromatic rings. The summed E-state index contributed by atoms with van der Waals surface area (Å²) in [5.74, 6) is -0.894. The number of esters is 1. The second-order valence-electron chi connectivity index (χ2n) is 7.97. The van der Waals surface area contributed by atoms with Crippen LogP contribution in [0.25, 0.3) is 0 Å². The summed E-state index contributed by atoms with van der Waals surface area (Å²) in [6.07, 6.45) is 0.530. The van der Waals surface area contributed by atoms with Crippen LogP contribution >= 0.6 is 12.4 Å². The van der Waals surface area contributed by atoms with Gasteiger partial charge in [0, 0.05) is 6.42 Å². The number of carboxylic acids is 1. The molecular weight excluding hydrogens is 420 g/mol. The standard InChI is InChI=1S/C23H30N2O5.ClH/c1-23(2,3)30-22(28)19(14-16-10-6-5-7-11-16)25-24-18(21(26)27)15-17-12-8-9-13-20(17)29-4;/h5-13,18-19,24-25H,14-15H2,1-4H3,(H,26,27);1H/t18-,19?;/m0./s1. The summed E-state index contributed by atoms with van der Waals surface area (Å²) in [5, 5.41) is 9.67. The van der Waals surface area contributed by atoms with E-state index in [1.54, 1.807) is 33.9 Å². The molecule has 3 N–H and O–H groups in total. The molecule has 0 aromatic heterocycles. The van der Waals surface area contributed by atoms with Crippen LogP contribution in [0, 0.1) is 0 Å². The van der Waals surface area contributed by atoms with Crippen molar-refractivity contribution >= 4 is 24.3 Å². The third-order valence-corrected chi connectivity index (χ3v) is 4.32. The van der Waals surface area contributed by atoms with Gasteiger partial charge in [-0.05, 0) is 44.4 Å². The van der Waals surface area contributed by atoms with Gasteiger partial charge in [-0.25, -0.2) is 10.9 Å². The van der Waals surface area contributed by atoms with E-state index in [0.29, 0.717) is 12.2 Å². The van der Waals surface area contributed by atoms with Crippen molar-refractivity contribution in [3.63, 3.8) is 0 Å². The number of benzene rings is 2. The predicted octanol–water partition coefficient (Wildman–Crippen LogP) is 3.16. The largest absolute Gasteiger partial charge is 0.496 e. The fourth-order valence-corrected chi connectivity index (χ4v) is 2.91. The second kappa shape index (κ2) is 12.3. The molecule has 0 radical (unpaired) electrons. The number of carbonyl (C=O) groups excluding carboxylic acids is 1. The summed E-state index contributed by atoms with van der Waals surface area (Å²) < 4.78 is 10.8. The fraction of sp³-hybridized carbons (Fsp3) is 0.391. The van der Waals surface area contributed by atoms with E-state index in [1.807, 2.05) is 48.5 Å². The van der Waals surface area contributed by atoms with E-state index in [-0.39, 0.29) is 18.8 Å². The average Bonchev–Trinajstić information content (AvgIpc) is 2.69. The lowest BCUT2D eigenvalue weighted by atomic mass is 10.0. The van der Waals surface area contributed by atoms with Gasteiger partial charge in [-0.15, -0.1) is 12.4 Å². The molecule has 0 heterocycles. The van der Waals surface area contributed by atoms with E-state index in [2.05, 4.69) is 10.9 Å². The lowest BCUT2D eigenvalue weighted by Gasteiger charge is -2.26. The molecule has 0 spiro atoms. The summed E-state index contributed by atoms with van der Waals surface area (Å²) >= 11 is 0. The number of rotatable bonds is 10. The van der Waals surface area contributed by atoms with Crippen molar-refractivity contribution in [2.75, 3.05) is 7.11 Å². The Morgan fingerprint density at radius 2 is 1.52 bits per heavy atom. The molecule has 7 nitrogen and oxygen atoms in total. The molecule has 8 heteroatoms. The number of nitrogens with one attached hydrogen (secondary N) is 2. The van der Waals surface area contributed by atoms with E-state index in [9.17, 15) is 14.7 Å². The fourth-order valence-electron chi connectivity index (χ4n) is 2.91. The first-order chi connectivity index (χ1) is 14.2. The van der Waals surface area contributed by atoms with Gasteiger partial charge in [0.15, 0.2) is 0 Å². The predicted molar refractivity (Wildman–Crippen MR) is 121 cm³/mol. The van der Waals surface area contributed by atoms with E-state index in [4.69, 9.17) is 9.47 Å². The molecule has 2 aromatic carbocycles. The van der Waals surface area contributed by atoms with Crippen molar-refractivity contribution in [2.45, 2.75) is 51.3 Å². The third-order valence-electron chi connectivity index (χ3n) is 4.32. The highest BCUT2D eigenvalue weighted by atomic mass is 35.5. The third kappa shape index (κ3) is 8.96. The first-order valence-electron chi connectivity index (χ1n) is 9.82. The number of halogens is 1. The minimum Gasteiger partial charge on any atom is -0.496 e. The Kier molecular flexibility index (Phi) is 10.5. The van der Waals surface area contributed by atoms with E-state index >= 15 is 0 Å². The van der Waals surface area contributed by atoms with Crippen LogP contribution in [-0.4, -0.2) is 41.8 Å². The van der Waals surface area contributed by atoms with Crippen molar-refractivity contribution in [2.24, 2.45) is 0 Å². The lowest BCUT2D eigenvalue weighted by molar-refractivity contribution is -0.158. The van der Waals surface area contributed by atoms with Crippen molar-refractivity contribution in [1.29, 1.82) is 0 Å². The number of ether oxygens (including phenoxy) is 2. The van der Waals surface area contributed by atoms with Crippen LogP contribution in [0.2, 0.25) is 0 Å². The molecule has 0 aliphatic heterocycles. The van der Waals surface area contributed by atoms with Gasteiger partial charge >= 0.3 is 11.9 Å². The van der Waals surface area contributed by atoms with Gasteiger partial charge in [-0.2, -0.15) is 0 Å². The zero-order valence-electron chi connectivity index (χ0n) is 18.3. The Morgan fingerprint density at radius 3 is 2.10 bits per heavy atom. The molecule has 0 bridgehead atoms. The minimum absolute atomic E-state index is 0. The molecule has 0 fully saturated rings. The highest BCUT2D eigenvalue weighted by Crippen LogP contribution is 2.19. The summed E-state index contributed by atoms with van der Waals surface area (Å²) in [6.45, 7) is 5.37. The number of hydrogen-bond acceptors (Lipinski definition) is 6. The quantitative estimate of drug-likeness (QED) is 0.378. The van der Waals surface area contributed by atoms with Crippen LogP contribution in [0.5, 0.6) is 5.75 Å². The number of aliphatic carboxylic acids is 1. The molecule has 2 rings (SSSR count). The Balaban J connectivity index is 0.00000480. The Hall–Kier alpha value is -2.61. The maximum atomic E-state index is 12.7. The molecule has 0 saturated heterocycles. The number of hydrazine groups is 1. The van der Waals surface area contributed by atoms with Crippen molar-refractivity contribution in [1.82, 2.24) is 10.9 Å². The smallest absolute Gasteiger partial charge is 0.325 e. The summed E-state index contributed by atoms with van der Waals surface area (Å²) in [7, 11) is 1.54. The van der Waals surface area contributed by atoms with Gasteiger partial charge in [-0.3, -0.25) is 9.59 Å². The van der Waals surface area contributed by atoms with Crippen LogP contribution < -0.4 is 15.6 Å². The Morgan fingerprint density at radius 1 is 0.935 bits per heavy atom. The van der Waals surface area contributed by atoms with E-state index in [1.165, 1.54) is 0 Å². The number of hydrogen-bond donors (Lipinski definition) is 3. The van der Waals surface area contributed by atoms with Crippen LogP contribution in [0.4, 0.5) is 0 Å². The van der Waals surface area contributed by atoms with Gasteiger partial charge in [0.2, 0.25) is 0 Å². The highest BCUT2D eigenvalue weighted by molar-refractivity contribution is 5.85. The summed E-state index contributed by atoms with van der Waals surface area (Å²) in [5.41, 5.74) is 6.71. The highest BCUT2D eigenvalue weighted by Gasteiger charge is 2.27. The zero-order chi connectivity index (χ0) is 22.1. The molecule has 1 unspecified atom stereocenters. The number of methoxy groups -OCH3 is 1. The van der Waals surface area contributed by atoms with Gasteiger partial charge in [0.05, 0.1) is 7.11 Å². The Bertz CT molecular complexity index is 839. The number of para-hydroxylation sites is 1. The molecular formula is C23H31ClN2O5. The lowest BCUT2D eigenvalue weighted by Crippen LogP contribution is -2.55. The topological polar surface area (TPSA) is 96.9 Å². The van der Waals surface area contributed by atoms with Crippen molar-refractivity contribution in [3.8, 4) is 5.75 Å². The Labute approximate surface area is 189 Å². The average molecular weight is 451 g/mol. The summed E-state index contributed by atoms with van der Waals surface area (Å²) in [4.78, 5) is 24.5. The summed E-state index contributed by atoms with van der Waals surface area (Å²) in [6, 6.07) is 15.0. The first-order valence-corrected chi connectivity index (χ1v) is 9.82. The maximum absolute atomic E-state index is 12.7. The molecule has 2 atom stereocenters. The van der Waals surface area contributed by atoms with Gasteiger partial charge in [-0.1, -0.05) is 48.5 Å². The van der Waals surface area contributed by atoms with Crippen LogP contribution in [0.1, 0.15) is 31.9 Å². The second-order valence-corrected chi connectivity index (χ2v) is 7.97. The molecule has 0 aliphatic rings. The van der Waals surface area contributed by atoms with Crippen molar-refractivity contribution < 1.29 is 24.2 Å². The number of carboxylic acid groups (broad SMARTS) is 1. The van der Waals surface area contributed by atoms with E-state index < -0.39 is 29.6 Å². The van der Waals surface area contributed by atoms with E-state index in [0.717, 1.165) is 11.1 Å². The SMILES string of the molecule is COc1ccccc1C[C@H](NNC(Cc1ccccc1)C(=O)OC(C)(C)C)C(=O)O.Cl. The maximum Gasteiger partial charge on any atom is 0.325 e. The van der Waals surface area contributed by atoms with Gasteiger partial charge in [0.25, 0.3) is 0 Å². The number of carbonyl (C=O) groups is 2. The molecule has 31 heavy (non-hydrogen) atoms. The molecule has 0 amide bonds. The zero-order valence-corrected chi connectivity index (χ0v) is 19.1. The van der Waals surface area contributed by atoms with Crippen molar-refractivity contribution in [3.05, 3.63) is 65.7 Å². The first kappa shape index (κ1) is 26.4. The van der Waals surface area contributed by atoms with Crippen LogP contribution in [0.15, 0.2) is 54.6 Å². The normalized spacial score (nSPS) is 12.9. The minimum atomic E-state index is -1.05.